The monoisotopic (exact) mass is 495 g/mol. The zero-order valence-corrected chi connectivity index (χ0v) is 20.7. The van der Waals surface area contributed by atoms with E-state index in [2.05, 4.69) is 15.8 Å². The molecule has 7 nitrogen and oxygen atoms in total. The summed E-state index contributed by atoms with van der Waals surface area (Å²) in [4.78, 5) is 18.3. The Morgan fingerprint density at radius 1 is 1.03 bits per heavy atom. The number of hydrogen-bond acceptors (Lipinski definition) is 5. The largest absolute Gasteiger partial charge is 0.383 e. The molecule has 0 radical (unpaired) electrons. The van der Waals surface area contributed by atoms with Gasteiger partial charge in [-0.25, -0.2) is 8.42 Å². The summed E-state index contributed by atoms with van der Waals surface area (Å²) in [6.07, 6.45) is 0. The Kier molecular flexibility index (Phi) is 6.97. The lowest BCUT2D eigenvalue weighted by Gasteiger charge is -2.11. The lowest BCUT2D eigenvalue weighted by molar-refractivity contribution is 0.0998. The number of aryl methyl sites for hydroxylation is 2. The van der Waals surface area contributed by atoms with Crippen molar-refractivity contribution >= 4 is 43.2 Å². The van der Waals surface area contributed by atoms with E-state index in [4.69, 9.17) is 4.74 Å². The number of benzene rings is 3. The van der Waals surface area contributed by atoms with Crippen molar-refractivity contribution < 1.29 is 17.9 Å². The second kappa shape index (κ2) is 9.92. The maximum absolute atomic E-state index is 13.2. The van der Waals surface area contributed by atoms with E-state index in [0.717, 1.165) is 21.3 Å². The van der Waals surface area contributed by atoms with E-state index >= 15 is 0 Å². The van der Waals surface area contributed by atoms with Crippen LogP contribution < -0.4 is 9.52 Å². The van der Waals surface area contributed by atoms with Gasteiger partial charge in [0.1, 0.15) is 0 Å². The number of rotatable bonds is 7. The van der Waals surface area contributed by atoms with Gasteiger partial charge in [0, 0.05) is 13.7 Å². The first-order chi connectivity index (χ1) is 16.3. The Hall–Kier alpha value is -3.27. The number of amides is 1. The minimum absolute atomic E-state index is 0.120. The average molecular weight is 496 g/mol. The van der Waals surface area contributed by atoms with Gasteiger partial charge in [-0.3, -0.25) is 9.52 Å². The lowest BCUT2D eigenvalue weighted by atomic mass is 10.2. The highest BCUT2D eigenvalue weighted by Crippen LogP contribution is 2.22. The Balaban J connectivity index is 1.74. The fourth-order valence-electron chi connectivity index (χ4n) is 3.49. The topological polar surface area (TPSA) is 89.8 Å². The summed E-state index contributed by atoms with van der Waals surface area (Å²) >= 11 is 1.41. The molecule has 0 spiro atoms. The van der Waals surface area contributed by atoms with Crippen LogP contribution in [0.2, 0.25) is 0 Å². The van der Waals surface area contributed by atoms with E-state index in [1.807, 2.05) is 30.5 Å². The number of ether oxygens (including phenoxy) is 1. The van der Waals surface area contributed by atoms with Crippen LogP contribution in [0.3, 0.4) is 0 Å². The molecule has 0 saturated heterocycles. The maximum atomic E-state index is 13.2. The summed E-state index contributed by atoms with van der Waals surface area (Å²) in [6.45, 7) is 4.89. The van der Waals surface area contributed by atoms with E-state index in [9.17, 15) is 13.2 Å². The fourth-order valence-corrected chi connectivity index (χ4v) is 5.72. The molecule has 0 atom stereocenters. The molecule has 0 fully saturated rings. The Morgan fingerprint density at radius 3 is 2.47 bits per heavy atom. The Bertz CT molecular complexity index is 1520. The van der Waals surface area contributed by atoms with Gasteiger partial charge < -0.3 is 9.30 Å². The molecule has 0 aliphatic rings. The standard InChI is InChI=1S/C25H25N3O4S2/c1-17-8-11-19(12-9-17)34(30,31)27-21-7-5-4-6-20(21)24(29)26-25-28(14-15-32-3)22-13-10-18(2)16-23(22)33-25/h4-13,16,27H,14-15H2,1-3H3. The molecule has 3 aromatic carbocycles. The van der Waals surface area contributed by atoms with Crippen LogP contribution in [0.1, 0.15) is 21.5 Å². The van der Waals surface area contributed by atoms with E-state index in [1.165, 1.54) is 23.5 Å². The summed E-state index contributed by atoms with van der Waals surface area (Å²) < 4.78 is 36.5. The SMILES string of the molecule is COCCn1c(=NC(=O)c2ccccc2NS(=O)(=O)c2ccc(C)cc2)sc2cc(C)ccc21. The van der Waals surface area contributed by atoms with Crippen molar-refractivity contribution in [3.8, 4) is 0 Å². The number of aromatic nitrogens is 1. The van der Waals surface area contributed by atoms with E-state index in [-0.39, 0.29) is 16.1 Å². The van der Waals surface area contributed by atoms with E-state index in [0.29, 0.717) is 18.0 Å². The third kappa shape index (κ3) is 5.11. The molecule has 0 bridgehead atoms. The van der Waals surface area contributed by atoms with Gasteiger partial charge in [-0.1, -0.05) is 47.2 Å². The number of methoxy groups -OCH3 is 1. The van der Waals surface area contributed by atoms with E-state index < -0.39 is 15.9 Å². The van der Waals surface area contributed by atoms with Crippen LogP contribution in [0.5, 0.6) is 0 Å². The number of nitrogens with zero attached hydrogens (tertiary/aromatic N) is 2. The number of fused-ring (bicyclic) bond motifs is 1. The van der Waals surface area contributed by atoms with Crippen LogP contribution in [0, 0.1) is 13.8 Å². The number of carbonyl (C=O) groups is 1. The minimum Gasteiger partial charge on any atom is -0.383 e. The number of para-hydroxylation sites is 1. The first-order valence-electron chi connectivity index (χ1n) is 10.6. The van der Waals surface area contributed by atoms with Gasteiger partial charge in [0.05, 0.1) is 33.0 Å². The molecule has 9 heteroatoms. The molecule has 176 valence electrons. The summed E-state index contributed by atoms with van der Waals surface area (Å²) in [5.41, 5.74) is 3.38. The van der Waals surface area contributed by atoms with Crippen LogP contribution in [-0.2, 0) is 21.3 Å². The predicted octanol–water partition coefficient (Wildman–Crippen LogP) is 4.51. The molecule has 1 amide bonds. The number of nitrogens with one attached hydrogen (secondary N) is 1. The maximum Gasteiger partial charge on any atom is 0.281 e. The predicted molar refractivity (Wildman–Crippen MR) is 135 cm³/mol. The summed E-state index contributed by atoms with van der Waals surface area (Å²) in [6, 6.07) is 19.1. The van der Waals surface area contributed by atoms with Crippen molar-refractivity contribution in [2.24, 2.45) is 4.99 Å². The van der Waals surface area contributed by atoms with Gasteiger partial charge in [-0.05, 0) is 55.8 Å². The first kappa shape index (κ1) is 23.9. The normalized spacial score (nSPS) is 12.3. The second-order valence-corrected chi connectivity index (χ2v) is 10.6. The van der Waals surface area contributed by atoms with Crippen LogP contribution in [0.4, 0.5) is 5.69 Å². The number of hydrogen-bond donors (Lipinski definition) is 1. The zero-order valence-electron chi connectivity index (χ0n) is 19.1. The molecule has 1 N–H and O–H groups in total. The zero-order chi connectivity index (χ0) is 24.3. The molecular weight excluding hydrogens is 470 g/mol. The lowest BCUT2D eigenvalue weighted by Crippen LogP contribution is -2.20. The number of sulfonamides is 1. The Labute approximate surface area is 202 Å². The molecule has 34 heavy (non-hydrogen) atoms. The van der Waals surface area contributed by atoms with Gasteiger partial charge in [0.15, 0.2) is 4.80 Å². The first-order valence-corrected chi connectivity index (χ1v) is 12.9. The average Bonchev–Trinajstić information content (AvgIpc) is 3.13. The summed E-state index contributed by atoms with van der Waals surface area (Å²) in [5.74, 6) is -0.531. The van der Waals surface area contributed by atoms with Crippen LogP contribution in [0.25, 0.3) is 10.2 Å². The van der Waals surface area contributed by atoms with E-state index in [1.54, 1.807) is 43.5 Å². The van der Waals surface area contributed by atoms with Crippen molar-refractivity contribution in [2.45, 2.75) is 25.3 Å². The van der Waals surface area contributed by atoms with Crippen LogP contribution >= 0.6 is 11.3 Å². The molecule has 0 aliphatic heterocycles. The molecular formula is C25H25N3O4S2. The van der Waals surface area contributed by atoms with Crippen LogP contribution in [-0.4, -0.2) is 32.6 Å². The van der Waals surface area contributed by atoms with Crippen molar-refractivity contribution in [1.82, 2.24) is 4.57 Å². The highest BCUT2D eigenvalue weighted by Gasteiger charge is 2.19. The molecule has 4 aromatic rings. The molecule has 0 aliphatic carbocycles. The molecule has 1 aromatic heterocycles. The van der Waals surface area contributed by atoms with Gasteiger partial charge in [-0.2, -0.15) is 4.99 Å². The number of anilines is 1. The Morgan fingerprint density at radius 2 is 1.74 bits per heavy atom. The van der Waals surface area contributed by atoms with Crippen molar-refractivity contribution in [2.75, 3.05) is 18.4 Å². The molecule has 0 saturated carbocycles. The highest BCUT2D eigenvalue weighted by atomic mass is 32.2. The molecule has 0 unspecified atom stereocenters. The number of carbonyl (C=O) groups excluding carboxylic acids is 1. The number of thiazole rings is 1. The van der Waals surface area contributed by atoms with Gasteiger partial charge in [-0.15, -0.1) is 0 Å². The quantitative estimate of drug-likeness (QED) is 0.409. The third-order valence-electron chi connectivity index (χ3n) is 5.29. The van der Waals surface area contributed by atoms with Crippen molar-refractivity contribution in [3.63, 3.8) is 0 Å². The van der Waals surface area contributed by atoms with Crippen LogP contribution in [0.15, 0.2) is 76.6 Å². The smallest absolute Gasteiger partial charge is 0.281 e. The second-order valence-electron chi connectivity index (χ2n) is 7.88. The van der Waals surface area contributed by atoms with Gasteiger partial charge >= 0.3 is 0 Å². The van der Waals surface area contributed by atoms with Gasteiger partial charge in [0.2, 0.25) is 0 Å². The summed E-state index contributed by atoms with van der Waals surface area (Å²) in [7, 11) is -2.24. The van der Waals surface area contributed by atoms with Crippen molar-refractivity contribution in [1.29, 1.82) is 0 Å². The summed E-state index contributed by atoms with van der Waals surface area (Å²) in [5, 5.41) is 0. The fraction of sp³-hybridized carbons (Fsp3) is 0.200. The van der Waals surface area contributed by atoms with Gasteiger partial charge in [0.25, 0.3) is 15.9 Å². The van der Waals surface area contributed by atoms with Crippen molar-refractivity contribution in [3.05, 3.63) is 88.2 Å². The highest BCUT2D eigenvalue weighted by molar-refractivity contribution is 7.92. The minimum atomic E-state index is -3.87. The third-order valence-corrected chi connectivity index (χ3v) is 7.71. The molecule has 1 heterocycles. The molecule has 4 rings (SSSR count).